The second-order valence-electron chi connectivity index (χ2n) is 4.02. The molecule has 1 unspecified atom stereocenters. The molecule has 0 aliphatic carbocycles. The summed E-state index contributed by atoms with van der Waals surface area (Å²) in [4.78, 5) is 3.45. The van der Waals surface area contributed by atoms with Gasteiger partial charge in [0.1, 0.15) is 5.82 Å². The Balaban J connectivity index is 2.37. The minimum Gasteiger partial charge on any atom is -0.319 e. The zero-order valence-electron chi connectivity index (χ0n) is 9.83. The van der Waals surface area contributed by atoms with Crippen molar-refractivity contribution in [2.75, 3.05) is 0 Å². The van der Waals surface area contributed by atoms with E-state index in [0.29, 0.717) is 16.9 Å². The van der Waals surface area contributed by atoms with E-state index in [-0.39, 0.29) is 10.4 Å². The highest BCUT2D eigenvalue weighted by atomic mass is 32.1. The average molecular weight is 290 g/mol. The molecule has 0 radical (unpaired) electrons. The quantitative estimate of drug-likeness (QED) is 0.857. The van der Waals surface area contributed by atoms with Gasteiger partial charge in [0.2, 0.25) is 0 Å². The first kappa shape index (κ1) is 14.0. The Hall–Kier alpha value is -1.47. The van der Waals surface area contributed by atoms with E-state index < -0.39 is 23.0 Å². The van der Waals surface area contributed by atoms with Crippen molar-refractivity contribution in [2.45, 2.75) is 19.1 Å². The molecule has 0 fully saturated rings. The van der Waals surface area contributed by atoms with Gasteiger partial charge in [-0.1, -0.05) is 18.2 Å². The van der Waals surface area contributed by atoms with Crippen LogP contribution in [-0.4, -0.2) is 4.98 Å². The van der Waals surface area contributed by atoms with E-state index in [1.54, 1.807) is 19.1 Å². The van der Waals surface area contributed by atoms with E-state index >= 15 is 0 Å². The van der Waals surface area contributed by atoms with Crippen molar-refractivity contribution in [2.24, 2.45) is 5.73 Å². The van der Waals surface area contributed by atoms with Crippen LogP contribution < -0.4 is 5.73 Å². The van der Waals surface area contributed by atoms with Crippen LogP contribution in [0.3, 0.4) is 0 Å². The molecule has 102 valence electrons. The molecule has 2 N–H and O–H groups in total. The number of hydrogen-bond acceptors (Lipinski definition) is 3. The SMILES string of the molecule is Cc1cccc(C(N)c2cnc(C(F)(F)F)s2)c1F. The van der Waals surface area contributed by atoms with E-state index in [1.165, 1.54) is 6.07 Å². The summed E-state index contributed by atoms with van der Waals surface area (Å²) >= 11 is 0.430. The molecular weight excluding hydrogens is 280 g/mol. The summed E-state index contributed by atoms with van der Waals surface area (Å²) in [6.45, 7) is 1.57. The summed E-state index contributed by atoms with van der Waals surface area (Å²) in [5, 5.41) is -0.981. The van der Waals surface area contributed by atoms with Crippen molar-refractivity contribution in [1.29, 1.82) is 0 Å². The lowest BCUT2D eigenvalue weighted by molar-refractivity contribution is -0.137. The Bertz CT molecular complexity index is 592. The van der Waals surface area contributed by atoms with Gasteiger partial charge in [0, 0.05) is 16.6 Å². The lowest BCUT2D eigenvalue weighted by Gasteiger charge is -2.11. The van der Waals surface area contributed by atoms with Crippen molar-refractivity contribution in [3.63, 3.8) is 0 Å². The van der Waals surface area contributed by atoms with Crippen LogP contribution in [0, 0.1) is 12.7 Å². The third-order valence-electron chi connectivity index (χ3n) is 2.63. The molecule has 0 amide bonds. The highest BCUT2D eigenvalue weighted by Gasteiger charge is 2.35. The van der Waals surface area contributed by atoms with Gasteiger partial charge in [-0.15, -0.1) is 11.3 Å². The molecule has 1 aromatic carbocycles. The highest BCUT2D eigenvalue weighted by Crippen LogP contribution is 2.35. The van der Waals surface area contributed by atoms with Crippen molar-refractivity contribution in [3.05, 3.63) is 51.2 Å². The van der Waals surface area contributed by atoms with Gasteiger partial charge >= 0.3 is 6.18 Å². The molecule has 1 aromatic heterocycles. The normalized spacial score (nSPS) is 13.6. The lowest BCUT2D eigenvalue weighted by atomic mass is 10.0. The summed E-state index contributed by atoms with van der Waals surface area (Å²) in [6, 6.07) is 3.69. The molecule has 0 saturated carbocycles. The number of alkyl halides is 3. The van der Waals surface area contributed by atoms with Crippen LogP contribution in [0.2, 0.25) is 0 Å². The van der Waals surface area contributed by atoms with Crippen LogP contribution in [0.4, 0.5) is 17.6 Å². The van der Waals surface area contributed by atoms with Crippen LogP contribution in [0.5, 0.6) is 0 Å². The molecule has 7 heteroatoms. The molecule has 1 heterocycles. The van der Waals surface area contributed by atoms with Gasteiger partial charge < -0.3 is 5.73 Å². The van der Waals surface area contributed by atoms with Crippen LogP contribution in [0.15, 0.2) is 24.4 Å². The van der Waals surface area contributed by atoms with Gasteiger partial charge in [-0.2, -0.15) is 13.2 Å². The van der Waals surface area contributed by atoms with E-state index in [4.69, 9.17) is 5.73 Å². The van der Waals surface area contributed by atoms with Gasteiger partial charge in [-0.25, -0.2) is 9.37 Å². The maximum atomic E-state index is 13.9. The molecule has 0 bridgehead atoms. The van der Waals surface area contributed by atoms with E-state index in [1.807, 2.05) is 0 Å². The molecule has 0 aliphatic rings. The number of thiazole rings is 1. The zero-order valence-corrected chi connectivity index (χ0v) is 10.6. The van der Waals surface area contributed by atoms with Gasteiger partial charge in [0.05, 0.1) is 6.04 Å². The third kappa shape index (κ3) is 2.76. The van der Waals surface area contributed by atoms with Gasteiger partial charge in [-0.3, -0.25) is 0 Å². The van der Waals surface area contributed by atoms with Crippen LogP contribution in [-0.2, 0) is 6.18 Å². The van der Waals surface area contributed by atoms with Crippen molar-refractivity contribution in [3.8, 4) is 0 Å². The number of halogens is 4. The molecule has 0 aliphatic heterocycles. The topological polar surface area (TPSA) is 38.9 Å². The number of rotatable bonds is 2. The predicted molar refractivity (Wildman–Crippen MR) is 64.3 cm³/mol. The van der Waals surface area contributed by atoms with Gasteiger partial charge in [0.25, 0.3) is 0 Å². The Labute approximate surface area is 110 Å². The molecule has 2 rings (SSSR count). The Morgan fingerprint density at radius 1 is 1.32 bits per heavy atom. The number of nitrogens with zero attached hydrogens (tertiary/aromatic N) is 1. The van der Waals surface area contributed by atoms with Crippen molar-refractivity contribution >= 4 is 11.3 Å². The maximum Gasteiger partial charge on any atom is 0.443 e. The molecular formula is C12H10F4N2S. The number of benzene rings is 1. The zero-order chi connectivity index (χ0) is 14.2. The fraction of sp³-hybridized carbons (Fsp3) is 0.250. The second kappa shape index (κ2) is 4.90. The highest BCUT2D eigenvalue weighted by molar-refractivity contribution is 7.11. The van der Waals surface area contributed by atoms with E-state index in [0.717, 1.165) is 6.20 Å². The maximum absolute atomic E-state index is 13.9. The fourth-order valence-corrected chi connectivity index (χ4v) is 2.43. The first-order valence-electron chi connectivity index (χ1n) is 5.34. The average Bonchev–Trinajstić information content (AvgIpc) is 2.81. The minimum atomic E-state index is -4.51. The minimum absolute atomic E-state index is 0.164. The third-order valence-corrected chi connectivity index (χ3v) is 3.75. The predicted octanol–water partition coefficient (Wildman–Crippen LogP) is 3.66. The number of hydrogen-bond donors (Lipinski definition) is 1. The smallest absolute Gasteiger partial charge is 0.319 e. The van der Waals surface area contributed by atoms with Crippen LogP contribution in [0.25, 0.3) is 0 Å². The van der Waals surface area contributed by atoms with Gasteiger partial charge in [0.15, 0.2) is 5.01 Å². The van der Waals surface area contributed by atoms with E-state index in [9.17, 15) is 17.6 Å². The Kier molecular flexibility index (Phi) is 3.60. The summed E-state index contributed by atoms with van der Waals surface area (Å²) in [7, 11) is 0. The standard InChI is InChI=1S/C12H10F4N2S/c1-6-3-2-4-7(9(6)13)10(17)8-5-18-11(19-8)12(14,15)16/h2-5,10H,17H2,1H3. The van der Waals surface area contributed by atoms with Crippen molar-refractivity contribution in [1.82, 2.24) is 4.98 Å². The van der Waals surface area contributed by atoms with Crippen LogP contribution >= 0.6 is 11.3 Å². The molecule has 0 saturated heterocycles. The number of aromatic nitrogens is 1. The van der Waals surface area contributed by atoms with E-state index in [2.05, 4.69) is 4.98 Å². The number of nitrogens with two attached hydrogens (primary N) is 1. The second-order valence-corrected chi connectivity index (χ2v) is 5.08. The molecule has 2 nitrogen and oxygen atoms in total. The molecule has 2 aromatic rings. The molecule has 0 spiro atoms. The summed E-state index contributed by atoms with van der Waals surface area (Å²) in [5.41, 5.74) is 6.37. The summed E-state index contributed by atoms with van der Waals surface area (Å²) < 4.78 is 51.2. The monoisotopic (exact) mass is 290 g/mol. The van der Waals surface area contributed by atoms with Crippen LogP contribution in [0.1, 0.15) is 27.1 Å². The Morgan fingerprint density at radius 3 is 2.58 bits per heavy atom. The number of aryl methyl sites for hydroxylation is 1. The molecule has 19 heavy (non-hydrogen) atoms. The Morgan fingerprint density at radius 2 is 2.00 bits per heavy atom. The summed E-state index contributed by atoms with van der Waals surface area (Å²) in [6.07, 6.45) is -3.46. The first-order valence-corrected chi connectivity index (χ1v) is 6.16. The fourth-order valence-electron chi connectivity index (χ4n) is 1.62. The largest absolute Gasteiger partial charge is 0.443 e. The lowest BCUT2D eigenvalue weighted by Crippen LogP contribution is -2.12. The molecule has 1 atom stereocenters. The first-order chi connectivity index (χ1) is 8.80. The van der Waals surface area contributed by atoms with Crippen molar-refractivity contribution < 1.29 is 17.6 Å². The van der Waals surface area contributed by atoms with Gasteiger partial charge in [-0.05, 0) is 12.5 Å². The summed E-state index contributed by atoms with van der Waals surface area (Å²) in [5.74, 6) is -0.503.